The van der Waals surface area contributed by atoms with Gasteiger partial charge in [0.2, 0.25) is 0 Å². The highest BCUT2D eigenvalue weighted by Crippen LogP contribution is 2.30. The Bertz CT molecular complexity index is 1120. The van der Waals surface area contributed by atoms with E-state index in [1.54, 1.807) is 36.4 Å². The van der Waals surface area contributed by atoms with Crippen LogP contribution in [0.4, 0.5) is 11.4 Å². The summed E-state index contributed by atoms with van der Waals surface area (Å²) in [6, 6.07) is 14.2. The summed E-state index contributed by atoms with van der Waals surface area (Å²) in [4.78, 5) is 18.4. The smallest absolute Gasteiger partial charge is 0.185 e. The number of ketones is 1. The average Bonchev–Trinajstić information content (AvgIpc) is 2.83. The van der Waals surface area contributed by atoms with Gasteiger partial charge >= 0.3 is 0 Å². The van der Waals surface area contributed by atoms with Crippen LogP contribution >= 0.6 is 0 Å². The molecule has 164 valence electrons. The second-order valence-electron chi connectivity index (χ2n) is 7.45. The van der Waals surface area contributed by atoms with E-state index < -0.39 is 0 Å². The molecule has 1 saturated carbocycles. The van der Waals surface area contributed by atoms with Gasteiger partial charge in [-0.25, -0.2) is 0 Å². The first-order valence-corrected chi connectivity index (χ1v) is 10.3. The van der Waals surface area contributed by atoms with Gasteiger partial charge in [-0.1, -0.05) is 95.2 Å². The summed E-state index contributed by atoms with van der Waals surface area (Å²) in [5, 5.41) is 16.8. The number of hydrogen-bond acceptors (Lipinski definition) is 4. The van der Waals surface area contributed by atoms with E-state index in [1.165, 1.54) is 0 Å². The number of carbonyl (C=O) groups is 1. The molecule has 0 bridgehead atoms. The van der Waals surface area contributed by atoms with Crippen molar-refractivity contribution in [1.29, 1.82) is 0 Å². The lowest BCUT2D eigenvalue weighted by atomic mass is 9.81. The van der Waals surface area contributed by atoms with Crippen LogP contribution in [0, 0.1) is 5.92 Å². The molecule has 1 aliphatic rings. The summed E-state index contributed by atoms with van der Waals surface area (Å²) in [5.41, 5.74) is 21.1. The fraction of sp³-hybridized carbons (Fsp3) is 0.160. The van der Waals surface area contributed by atoms with Gasteiger partial charge in [-0.15, -0.1) is 0 Å². The first-order chi connectivity index (χ1) is 16.1. The molecule has 0 aromatic heterocycles. The highest BCUT2D eigenvalue weighted by molar-refractivity contribution is 6.09. The molecule has 0 unspecified atom stereocenters. The molecular formula is C25H22N6O2. The number of hydrogen-bond donors (Lipinski definition) is 1. The maximum absolute atomic E-state index is 12.9. The normalized spacial score (nSPS) is 18.6. The second-order valence-corrected chi connectivity index (χ2v) is 7.45. The molecule has 0 radical (unpaired) electrons. The minimum atomic E-state index is -0.0218. The monoisotopic (exact) mass is 438 g/mol. The number of aliphatic hydroxyl groups excluding tert-OH is 1. The van der Waals surface area contributed by atoms with E-state index in [0.29, 0.717) is 35.4 Å². The maximum Gasteiger partial charge on any atom is 0.185 e. The third-order valence-corrected chi connectivity index (χ3v) is 5.14. The van der Waals surface area contributed by atoms with E-state index in [1.807, 2.05) is 48.6 Å². The average molecular weight is 438 g/mol. The Morgan fingerprint density at radius 1 is 0.818 bits per heavy atom. The first kappa shape index (κ1) is 23.3. The van der Waals surface area contributed by atoms with Gasteiger partial charge in [0.1, 0.15) is 0 Å². The van der Waals surface area contributed by atoms with Crippen molar-refractivity contribution in [2.24, 2.45) is 16.1 Å². The molecule has 0 atom stereocenters. The number of nitrogens with zero attached hydrogens (tertiary/aromatic N) is 6. The van der Waals surface area contributed by atoms with E-state index in [0.717, 1.165) is 11.1 Å². The molecule has 1 aliphatic carbocycles. The van der Waals surface area contributed by atoms with E-state index in [2.05, 4.69) is 20.1 Å². The molecule has 0 aliphatic heterocycles. The summed E-state index contributed by atoms with van der Waals surface area (Å²) in [6.07, 6.45) is 12.0. The van der Waals surface area contributed by atoms with E-state index >= 15 is 0 Å². The minimum absolute atomic E-state index is 0.00625. The third kappa shape index (κ3) is 6.82. The van der Waals surface area contributed by atoms with Crippen LogP contribution in [0.1, 0.15) is 24.0 Å². The molecule has 8 heteroatoms. The fourth-order valence-electron chi connectivity index (χ4n) is 3.46. The van der Waals surface area contributed by atoms with Crippen molar-refractivity contribution in [3.63, 3.8) is 0 Å². The van der Waals surface area contributed by atoms with Gasteiger partial charge in [0.05, 0.1) is 0 Å². The largest absolute Gasteiger partial charge is 0.396 e. The van der Waals surface area contributed by atoms with Gasteiger partial charge in [0.25, 0.3) is 0 Å². The molecule has 8 nitrogen and oxygen atoms in total. The number of benzene rings is 2. The van der Waals surface area contributed by atoms with Crippen LogP contribution < -0.4 is 0 Å². The summed E-state index contributed by atoms with van der Waals surface area (Å²) < 4.78 is 0. The number of rotatable bonds is 7. The van der Waals surface area contributed by atoms with Crippen molar-refractivity contribution in [3.8, 4) is 0 Å². The van der Waals surface area contributed by atoms with Gasteiger partial charge in [0.15, 0.2) is 5.78 Å². The standard InChI is InChI=1S/C25H22N6O2/c26-30-28-23-11-7-18(8-12-23)3-1-5-21-15-20(17-32)16-22(25(21)33)6-2-4-19-9-13-24(14-10-19)29-31-27/h1-14,20,32H,15-17H2/b3-1+,4-2+,21-5+,22-6+. The molecule has 1 fully saturated rings. The van der Waals surface area contributed by atoms with Gasteiger partial charge < -0.3 is 5.11 Å². The van der Waals surface area contributed by atoms with Crippen molar-refractivity contribution in [2.75, 3.05) is 6.61 Å². The summed E-state index contributed by atoms with van der Waals surface area (Å²) in [6.45, 7) is 0.0110. The Balaban J connectivity index is 1.73. The third-order valence-electron chi connectivity index (χ3n) is 5.14. The highest BCUT2D eigenvalue weighted by Gasteiger charge is 2.26. The van der Waals surface area contributed by atoms with Crippen molar-refractivity contribution >= 4 is 29.3 Å². The van der Waals surface area contributed by atoms with Crippen LogP contribution in [0.3, 0.4) is 0 Å². The second kappa shape index (κ2) is 11.9. The number of azide groups is 2. The zero-order valence-electron chi connectivity index (χ0n) is 17.8. The predicted molar refractivity (Wildman–Crippen MR) is 130 cm³/mol. The molecule has 3 rings (SSSR count). The zero-order chi connectivity index (χ0) is 23.5. The van der Waals surface area contributed by atoms with Crippen LogP contribution in [0.15, 0.2) is 94.2 Å². The van der Waals surface area contributed by atoms with Gasteiger partial charge in [-0.05, 0) is 40.9 Å². The maximum atomic E-state index is 12.9. The van der Waals surface area contributed by atoms with Crippen molar-refractivity contribution in [1.82, 2.24) is 0 Å². The quantitative estimate of drug-likeness (QED) is 0.213. The summed E-state index contributed by atoms with van der Waals surface area (Å²) in [7, 11) is 0. The molecule has 0 saturated heterocycles. The minimum Gasteiger partial charge on any atom is -0.396 e. The van der Waals surface area contributed by atoms with Crippen LogP contribution in [0.2, 0.25) is 0 Å². The Morgan fingerprint density at radius 2 is 1.24 bits per heavy atom. The lowest BCUT2D eigenvalue weighted by molar-refractivity contribution is -0.113. The SMILES string of the molecule is [N-]=[N+]=Nc1ccc(/C=C/C=C2\CC(CO)C/C(=C\C=C\c3ccc(N=[N+]=[N-])cc3)C2=O)cc1. The molecule has 1 N–H and O–H groups in total. The van der Waals surface area contributed by atoms with Gasteiger partial charge in [-0.2, -0.15) is 0 Å². The van der Waals surface area contributed by atoms with Gasteiger partial charge in [0, 0.05) is 39.0 Å². The van der Waals surface area contributed by atoms with E-state index in [-0.39, 0.29) is 18.3 Å². The Labute approximate surface area is 191 Å². The molecule has 0 spiro atoms. The predicted octanol–water partition coefficient (Wildman–Crippen LogP) is 7.12. The molecular weight excluding hydrogens is 416 g/mol. The molecule has 2 aromatic rings. The molecule has 33 heavy (non-hydrogen) atoms. The molecule has 2 aromatic carbocycles. The highest BCUT2D eigenvalue weighted by atomic mass is 16.3. The number of allylic oxidation sites excluding steroid dienone is 6. The first-order valence-electron chi connectivity index (χ1n) is 10.3. The van der Waals surface area contributed by atoms with Crippen LogP contribution in [-0.4, -0.2) is 17.5 Å². The van der Waals surface area contributed by atoms with Crippen LogP contribution in [0.5, 0.6) is 0 Å². The molecule has 0 heterocycles. The molecule has 0 amide bonds. The van der Waals surface area contributed by atoms with E-state index in [9.17, 15) is 9.90 Å². The Hall–Kier alpha value is -4.35. The lowest BCUT2D eigenvalue weighted by Gasteiger charge is -2.23. The summed E-state index contributed by atoms with van der Waals surface area (Å²) in [5.74, 6) is -0.0281. The lowest BCUT2D eigenvalue weighted by Crippen LogP contribution is -2.22. The van der Waals surface area contributed by atoms with Crippen LogP contribution in [0.25, 0.3) is 33.0 Å². The summed E-state index contributed by atoms with van der Waals surface area (Å²) >= 11 is 0. The number of Topliss-reactive ketones (excluding diaryl/α,β-unsaturated/α-hetero) is 1. The fourth-order valence-corrected chi connectivity index (χ4v) is 3.46. The zero-order valence-corrected chi connectivity index (χ0v) is 17.8. The van der Waals surface area contributed by atoms with Crippen molar-refractivity contribution < 1.29 is 9.90 Å². The Morgan fingerprint density at radius 3 is 1.61 bits per heavy atom. The van der Waals surface area contributed by atoms with Crippen LogP contribution in [-0.2, 0) is 4.79 Å². The number of aliphatic hydroxyl groups is 1. The Kier molecular flexibility index (Phi) is 8.40. The number of carbonyl (C=O) groups excluding carboxylic acids is 1. The van der Waals surface area contributed by atoms with Crippen molar-refractivity contribution in [2.45, 2.75) is 12.8 Å². The van der Waals surface area contributed by atoms with Crippen molar-refractivity contribution in [3.05, 3.63) is 116 Å². The topological polar surface area (TPSA) is 135 Å². The van der Waals surface area contributed by atoms with Gasteiger partial charge in [-0.3, -0.25) is 4.79 Å². The van der Waals surface area contributed by atoms with E-state index in [4.69, 9.17) is 11.1 Å².